The van der Waals surface area contributed by atoms with Crippen LogP contribution in [-0.2, 0) is 6.54 Å². The Kier molecular flexibility index (Phi) is 4.98. The van der Waals surface area contributed by atoms with Gasteiger partial charge in [-0.2, -0.15) is 0 Å². The van der Waals surface area contributed by atoms with E-state index in [1.807, 2.05) is 37.2 Å². The molecular formula is C15H18ClN3O2. The molecule has 0 amide bonds. The lowest BCUT2D eigenvalue weighted by molar-refractivity contribution is 0.382. The number of rotatable bonds is 5. The first-order chi connectivity index (χ1) is 10.0. The zero-order chi connectivity index (χ0) is 15.4. The summed E-state index contributed by atoms with van der Waals surface area (Å²) in [5, 5.41) is 0.0834. The summed E-state index contributed by atoms with van der Waals surface area (Å²) in [6.45, 7) is 1.17. The predicted octanol–water partition coefficient (Wildman–Crippen LogP) is 1.81. The van der Waals surface area contributed by atoms with Gasteiger partial charge >= 0.3 is 5.69 Å². The first-order valence-corrected chi connectivity index (χ1v) is 7.11. The zero-order valence-electron chi connectivity index (χ0n) is 12.1. The molecule has 1 N–H and O–H groups in total. The number of nitrogens with zero attached hydrogens (tertiary/aromatic N) is 2. The monoisotopic (exact) mass is 307 g/mol. The summed E-state index contributed by atoms with van der Waals surface area (Å²) < 4.78 is 1.21. The Morgan fingerprint density at radius 1 is 1.19 bits per heavy atom. The van der Waals surface area contributed by atoms with Crippen molar-refractivity contribution in [2.45, 2.75) is 13.0 Å². The second-order valence-electron chi connectivity index (χ2n) is 5.10. The molecule has 0 unspecified atom stereocenters. The quantitative estimate of drug-likeness (QED) is 0.857. The molecule has 0 aliphatic carbocycles. The highest BCUT2D eigenvalue weighted by molar-refractivity contribution is 6.32. The lowest BCUT2D eigenvalue weighted by atomic mass is 10.1. The van der Waals surface area contributed by atoms with Crippen LogP contribution < -0.4 is 11.2 Å². The molecule has 0 aliphatic heterocycles. The maximum atomic E-state index is 12.5. The van der Waals surface area contributed by atoms with Gasteiger partial charge in [0.25, 0.3) is 5.56 Å². The number of aromatic amines is 1. The number of H-pyrrole nitrogens is 1. The molecule has 1 aromatic heterocycles. The van der Waals surface area contributed by atoms with Gasteiger partial charge in [0.05, 0.1) is 5.56 Å². The summed E-state index contributed by atoms with van der Waals surface area (Å²) in [5.41, 5.74) is 0.212. The van der Waals surface area contributed by atoms with Crippen LogP contribution in [-0.4, -0.2) is 35.1 Å². The van der Waals surface area contributed by atoms with E-state index in [1.54, 1.807) is 12.1 Å². The Hall–Kier alpha value is -1.85. The molecule has 1 heterocycles. The van der Waals surface area contributed by atoms with Crippen molar-refractivity contribution in [3.63, 3.8) is 0 Å². The summed E-state index contributed by atoms with van der Waals surface area (Å²) in [5.74, 6) is 0. The molecule has 0 saturated carbocycles. The van der Waals surface area contributed by atoms with Gasteiger partial charge in [0.1, 0.15) is 5.15 Å². The summed E-state index contributed by atoms with van der Waals surface area (Å²) in [6.07, 6.45) is 0.714. The predicted molar refractivity (Wildman–Crippen MR) is 84.9 cm³/mol. The number of halogens is 1. The van der Waals surface area contributed by atoms with Gasteiger partial charge in [0, 0.05) is 6.54 Å². The van der Waals surface area contributed by atoms with Crippen molar-refractivity contribution in [2.75, 3.05) is 20.6 Å². The lowest BCUT2D eigenvalue weighted by Gasteiger charge is -2.11. The molecule has 0 bridgehead atoms. The van der Waals surface area contributed by atoms with E-state index in [4.69, 9.17) is 11.6 Å². The van der Waals surface area contributed by atoms with Gasteiger partial charge in [-0.3, -0.25) is 14.3 Å². The van der Waals surface area contributed by atoms with Crippen LogP contribution in [0.2, 0.25) is 5.15 Å². The van der Waals surface area contributed by atoms with Gasteiger partial charge in [-0.05, 0) is 32.6 Å². The number of hydrogen-bond acceptors (Lipinski definition) is 3. The first-order valence-electron chi connectivity index (χ1n) is 6.73. The molecule has 0 fully saturated rings. The minimum atomic E-state index is -0.469. The highest BCUT2D eigenvalue weighted by Crippen LogP contribution is 2.20. The standard InChI is InChI=1S/C15H18ClN3O2/c1-18(2)9-6-10-19-14(20)12(13(16)17-15(19)21)11-7-4-3-5-8-11/h3-5,7-8H,6,9-10H2,1-2H3,(H,17,21). The molecule has 0 radical (unpaired) electrons. The fourth-order valence-electron chi connectivity index (χ4n) is 2.15. The third-order valence-electron chi connectivity index (χ3n) is 3.19. The Morgan fingerprint density at radius 2 is 1.86 bits per heavy atom. The number of benzene rings is 1. The molecule has 5 nitrogen and oxygen atoms in total. The average Bonchev–Trinajstić information content (AvgIpc) is 2.43. The average molecular weight is 308 g/mol. The molecule has 1 aromatic carbocycles. The Balaban J connectivity index is 2.44. The fraction of sp³-hybridized carbons (Fsp3) is 0.333. The summed E-state index contributed by atoms with van der Waals surface area (Å²) >= 11 is 6.05. The van der Waals surface area contributed by atoms with Gasteiger partial charge in [0.2, 0.25) is 0 Å². The second kappa shape index (κ2) is 6.74. The van der Waals surface area contributed by atoms with Gasteiger partial charge in [-0.1, -0.05) is 41.9 Å². The van der Waals surface area contributed by atoms with E-state index < -0.39 is 5.69 Å². The molecule has 0 atom stereocenters. The van der Waals surface area contributed by atoms with E-state index in [1.165, 1.54) is 4.57 Å². The van der Waals surface area contributed by atoms with Gasteiger partial charge in [0.15, 0.2) is 0 Å². The van der Waals surface area contributed by atoms with E-state index in [9.17, 15) is 9.59 Å². The van der Waals surface area contributed by atoms with Crippen molar-refractivity contribution >= 4 is 11.6 Å². The van der Waals surface area contributed by atoms with Crippen molar-refractivity contribution in [3.8, 4) is 11.1 Å². The molecule has 0 aliphatic rings. The molecule has 0 spiro atoms. The minimum absolute atomic E-state index is 0.0834. The van der Waals surface area contributed by atoms with E-state index in [0.29, 0.717) is 24.1 Å². The molecule has 2 rings (SSSR count). The number of aromatic nitrogens is 2. The summed E-state index contributed by atoms with van der Waals surface area (Å²) in [4.78, 5) is 29.0. The Labute approximate surface area is 127 Å². The third-order valence-corrected chi connectivity index (χ3v) is 3.47. The van der Waals surface area contributed by atoms with Crippen molar-refractivity contribution < 1.29 is 0 Å². The van der Waals surface area contributed by atoms with Gasteiger partial charge in [-0.25, -0.2) is 4.79 Å². The van der Waals surface area contributed by atoms with Crippen LogP contribution in [0, 0.1) is 0 Å². The van der Waals surface area contributed by atoms with Crippen LogP contribution in [0.15, 0.2) is 39.9 Å². The smallest absolute Gasteiger partial charge is 0.309 e. The summed E-state index contributed by atoms with van der Waals surface area (Å²) in [7, 11) is 3.90. The van der Waals surface area contributed by atoms with Crippen LogP contribution in [0.4, 0.5) is 0 Å². The zero-order valence-corrected chi connectivity index (χ0v) is 12.9. The van der Waals surface area contributed by atoms with Crippen LogP contribution in [0.5, 0.6) is 0 Å². The number of nitrogens with one attached hydrogen (secondary N) is 1. The second-order valence-corrected chi connectivity index (χ2v) is 5.48. The van der Waals surface area contributed by atoms with Crippen LogP contribution >= 0.6 is 11.6 Å². The Morgan fingerprint density at radius 3 is 2.48 bits per heavy atom. The number of hydrogen-bond donors (Lipinski definition) is 1. The normalized spacial score (nSPS) is 11.0. The molecule has 6 heteroatoms. The molecule has 0 saturated heterocycles. The van der Waals surface area contributed by atoms with E-state index in [2.05, 4.69) is 4.98 Å². The maximum Gasteiger partial charge on any atom is 0.329 e. The molecule has 112 valence electrons. The molecular weight excluding hydrogens is 290 g/mol. The van der Waals surface area contributed by atoms with E-state index >= 15 is 0 Å². The Bertz CT molecular complexity index is 720. The van der Waals surface area contributed by atoms with Gasteiger partial charge < -0.3 is 4.90 Å². The summed E-state index contributed by atoms with van der Waals surface area (Å²) in [6, 6.07) is 9.11. The fourth-order valence-corrected chi connectivity index (χ4v) is 2.42. The van der Waals surface area contributed by atoms with E-state index in [0.717, 1.165) is 6.54 Å². The third kappa shape index (κ3) is 3.62. The van der Waals surface area contributed by atoms with Crippen molar-refractivity contribution in [1.82, 2.24) is 14.5 Å². The van der Waals surface area contributed by atoms with Gasteiger partial charge in [-0.15, -0.1) is 0 Å². The topological polar surface area (TPSA) is 58.1 Å². The van der Waals surface area contributed by atoms with Crippen molar-refractivity contribution in [1.29, 1.82) is 0 Å². The van der Waals surface area contributed by atoms with Crippen LogP contribution in [0.25, 0.3) is 11.1 Å². The SMILES string of the molecule is CN(C)CCCn1c(=O)[nH]c(Cl)c(-c2ccccc2)c1=O. The van der Waals surface area contributed by atoms with Crippen LogP contribution in [0.3, 0.4) is 0 Å². The highest BCUT2D eigenvalue weighted by Gasteiger charge is 2.14. The maximum absolute atomic E-state index is 12.5. The minimum Gasteiger partial charge on any atom is -0.309 e. The van der Waals surface area contributed by atoms with Crippen LogP contribution in [0.1, 0.15) is 6.42 Å². The molecule has 21 heavy (non-hydrogen) atoms. The van der Waals surface area contributed by atoms with Crippen molar-refractivity contribution in [2.24, 2.45) is 0 Å². The van der Waals surface area contributed by atoms with Crippen molar-refractivity contribution in [3.05, 3.63) is 56.3 Å². The lowest BCUT2D eigenvalue weighted by Crippen LogP contribution is -2.37. The largest absolute Gasteiger partial charge is 0.329 e. The molecule has 2 aromatic rings. The first kappa shape index (κ1) is 15.5. The van der Waals surface area contributed by atoms with E-state index in [-0.39, 0.29) is 10.7 Å². The highest BCUT2D eigenvalue weighted by atomic mass is 35.5.